The minimum atomic E-state index is 0.0450. The zero-order valence-corrected chi connectivity index (χ0v) is 17.4. The van der Waals surface area contributed by atoms with E-state index in [1.807, 2.05) is 23.1 Å². The molecule has 5 nitrogen and oxygen atoms in total. The van der Waals surface area contributed by atoms with E-state index in [2.05, 4.69) is 41.2 Å². The first-order valence-electron chi connectivity index (χ1n) is 10.4. The number of carbonyl (C=O) groups is 1. The Bertz CT molecular complexity index is 1010. The smallest absolute Gasteiger partial charge is 0.246 e. The van der Waals surface area contributed by atoms with Crippen LogP contribution < -0.4 is 10.1 Å². The van der Waals surface area contributed by atoms with Gasteiger partial charge in [0.1, 0.15) is 11.6 Å². The number of aryl methyl sites for hydroxylation is 1. The van der Waals surface area contributed by atoms with Crippen molar-refractivity contribution in [2.45, 2.75) is 25.7 Å². The van der Waals surface area contributed by atoms with E-state index >= 15 is 0 Å². The van der Waals surface area contributed by atoms with Crippen molar-refractivity contribution in [3.8, 4) is 5.75 Å². The van der Waals surface area contributed by atoms with Crippen molar-refractivity contribution in [3.63, 3.8) is 0 Å². The summed E-state index contributed by atoms with van der Waals surface area (Å²) in [6, 6.07) is 10.2. The van der Waals surface area contributed by atoms with Gasteiger partial charge in [0.05, 0.1) is 7.11 Å². The number of pyridine rings is 1. The number of fused-ring (bicyclic) bond motifs is 1. The van der Waals surface area contributed by atoms with Gasteiger partial charge in [0.15, 0.2) is 0 Å². The minimum absolute atomic E-state index is 0.0450. The molecule has 154 valence electrons. The van der Waals surface area contributed by atoms with Gasteiger partial charge in [-0.15, -0.1) is 0 Å². The van der Waals surface area contributed by atoms with Crippen molar-refractivity contribution < 1.29 is 9.53 Å². The lowest BCUT2D eigenvalue weighted by atomic mass is 10.0. The molecule has 0 aliphatic carbocycles. The van der Waals surface area contributed by atoms with Crippen LogP contribution in [0.15, 0.2) is 61.0 Å². The number of hydrogen-bond donors (Lipinski definition) is 1. The van der Waals surface area contributed by atoms with Crippen LogP contribution in [-0.2, 0) is 11.2 Å². The summed E-state index contributed by atoms with van der Waals surface area (Å²) in [5.41, 5.74) is 5.59. The van der Waals surface area contributed by atoms with E-state index in [0.29, 0.717) is 0 Å². The summed E-state index contributed by atoms with van der Waals surface area (Å²) in [5, 5.41) is 3.22. The number of rotatable bonds is 4. The molecule has 0 bridgehead atoms. The molecule has 0 fully saturated rings. The van der Waals surface area contributed by atoms with Crippen molar-refractivity contribution in [1.29, 1.82) is 0 Å². The highest BCUT2D eigenvalue weighted by molar-refractivity contribution is 5.92. The number of hydrogen-bond acceptors (Lipinski definition) is 4. The van der Waals surface area contributed by atoms with Crippen LogP contribution in [0.4, 0.5) is 5.82 Å². The molecule has 0 atom stereocenters. The summed E-state index contributed by atoms with van der Waals surface area (Å²) < 4.78 is 5.24. The van der Waals surface area contributed by atoms with Gasteiger partial charge in [0, 0.05) is 31.1 Å². The molecule has 3 heterocycles. The van der Waals surface area contributed by atoms with E-state index in [-0.39, 0.29) is 5.91 Å². The van der Waals surface area contributed by atoms with Crippen LogP contribution in [0.5, 0.6) is 5.75 Å². The molecule has 1 N–H and O–H groups in total. The van der Waals surface area contributed by atoms with E-state index in [0.717, 1.165) is 61.6 Å². The summed E-state index contributed by atoms with van der Waals surface area (Å²) in [4.78, 5) is 19.1. The van der Waals surface area contributed by atoms with Crippen molar-refractivity contribution >= 4 is 23.4 Å². The molecule has 0 saturated carbocycles. The third-order valence-corrected chi connectivity index (χ3v) is 5.61. The van der Waals surface area contributed by atoms with Gasteiger partial charge < -0.3 is 15.0 Å². The normalized spacial score (nSPS) is 16.5. The van der Waals surface area contributed by atoms with E-state index in [4.69, 9.17) is 4.74 Å². The first-order valence-corrected chi connectivity index (χ1v) is 10.4. The molecule has 1 aromatic carbocycles. The number of anilines is 1. The zero-order valence-electron chi connectivity index (χ0n) is 17.4. The highest BCUT2D eigenvalue weighted by atomic mass is 16.5. The number of ether oxygens (including phenoxy) is 1. The summed E-state index contributed by atoms with van der Waals surface area (Å²) in [5.74, 6) is 1.77. The van der Waals surface area contributed by atoms with Crippen molar-refractivity contribution in [1.82, 2.24) is 9.88 Å². The molecule has 1 amide bonds. The largest absolute Gasteiger partial charge is 0.497 e. The second kappa shape index (κ2) is 8.99. The molecular weight excluding hydrogens is 374 g/mol. The fourth-order valence-electron chi connectivity index (χ4n) is 3.86. The number of nitrogens with one attached hydrogen (secondary N) is 1. The Labute approximate surface area is 177 Å². The quantitative estimate of drug-likeness (QED) is 0.756. The van der Waals surface area contributed by atoms with Crippen LogP contribution in [0.3, 0.4) is 0 Å². The Morgan fingerprint density at radius 1 is 1.20 bits per heavy atom. The molecule has 0 spiro atoms. The molecule has 2 aromatic rings. The SMILES string of the molecule is C=C1CCc2cc(/C=C/C(=O)N3CCC=C(c4ccc(OC)cc4)CC3)cnc2N1. The van der Waals surface area contributed by atoms with Crippen LogP contribution in [0.2, 0.25) is 0 Å². The number of nitrogens with zero attached hydrogens (tertiary/aromatic N) is 2. The predicted molar refractivity (Wildman–Crippen MR) is 121 cm³/mol. The topological polar surface area (TPSA) is 54.5 Å². The standard InChI is InChI=1S/C25H27N3O2/c1-18-5-7-22-16-19(17-26-25(22)27-18)6-12-24(29)28-14-3-4-20(13-15-28)21-8-10-23(30-2)11-9-21/h4,6,8-12,16-17H,1,3,5,7,13-15H2,2H3,(H,26,27)/b12-6+. The average Bonchev–Trinajstić information content (AvgIpc) is 3.04. The van der Waals surface area contributed by atoms with Crippen LogP contribution >= 0.6 is 0 Å². The Hall–Kier alpha value is -3.34. The molecule has 0 radical (unpaired) electrons. The van der Waals surface area contributed by atoms with Crippen molar-refractivity contribution in [2.75, 3.05) is 25.5 Å². The van der Waals surface area contributed by atoms with E-state index in [1.54, 1.807) is 19.4 Å². The maximum Gasteiger partial charge on any atom is 0.246 e. The summed E-state index contributed by atoms with van der Waals surface area (Å²) >= 11 is 0. The first kappa shape index (κ1) is 20.0. The third-order valence-electron chi connectivity index (χ3n) is 5.61. The molecular formula is C25H27N3O2. The molecule has 30 heavy (non-hydrogen) atoms. The fourth-order valence-corrected chi connectivity index (χ4v) is 3.86. The number of amides is 1. The van der Waals surface area contributed by atoms with Crippen LogP contribution in [0.25, 0.3) is 11.6 Å². The van der Waals surface area contributed by atoms with Gasteiger partial charge in [-0.25, -0.2) is 4.98 Å². The van der Waals surface area contributed by atoms with E-state index < -0.39 is 0 Å². The van der Waals surface area contributed by atoms with Gasteiger partial charge in [0.25, 0.3) is 0 Å². The van der Waals surface area contributed by atoms with Crippen molar-refractivity contribution in [3.05, 3.63) is 77.6 Å². The fraction of sp³-hybridized carbons (Fsp3) is 0.280. The van der Waals surface area contributed by atoms with Gasteiger partial charge in [-0.1, -0.05) is 24.8 Å². The summed E-state index contributed by atoms with van der Waals surface area (Å²) in [6.07, 6.45) is 11.1. The van der Waals surface area contributed by atoms with Gasteiger partial charge in [-0.3, -0.25) is 4.79 Å². The number of methoxy groups -OCH3 is 1. The minimum Gasteiger partial charge on any atom is -0.497 e. The molecule has 2 aliphatic rings. The maximum absolute atomic E-state index is 12.7. The molecule has 2 aliphatic heterocycles. The van der Waals surface area contributed by atoms with Crippen LogP contribution in [0, 0.1) is 0 Å². The summed E-state index contributed by atoms with van der Waals surface area (Å²) in [7, 11) is 1.67. The van der Waals surface area contributed by atoms with Gasteiger partial charge in [0.2, 0.25) is 5.91 Å². The molecule has 4 rings (SSSR count). The Kier molecular flexibility index (Phi) is 5.98. The molecule has 1 aromatic heterocycles. The van der Waals surface area contributed by atoms with Gasteiger partial charge in [-0.05, 0) is 72.2 Å². The predicted octanol–water partition coefficient (Wildman–Crippen LogP) is 4.68. The lowest BCUT2D eigenvalue weighted by Gasteiger charge is -2.19. The Morgan fingerprint density at radius 2 is 2.03 bits per heavy atom. The van der Waals surface area contributed by atoms with Gasteiger partial charge in [-0.2, -0.15) is 0 Å². The van der Waals surface area contributed by atoms with Crippen LogP contribution in [0.1, 0.15) is 36.0 Å². The Morgan fingerprint density at radius 3 is 2.83 bits per heavy atom. The zero-order chi connectivity index (χ0) is 20.9. The second-order valence-electron chi connectivity index (χ2n) is 7.66. The monoisotopic (exact) mass is 401 g/mol. The average molecular weight is 402 g/mol. The van der Waals surface area contributed by atoms with Gasteiger partial charge >= 0.3 is 0 Å². The maximum atomic E-state index is 12.7. The van der Waals surface area contributed by atoms with Crippen molar-refractivity contribution in [2.24, 2.45) is 0 Å². The number of benzene rings is 1. The molecule has 0 saturated heterocycles. The highest BCUT2D eigenvalue weighted by Crippen LogP contribution is 2.26. The lowest BCUT2D eigenvalue weighted by molar-refractivity contribution is -0.125. The second-order valence-corrected chi connectivity index (χ2v) is 7.66. The summed E-state index contributed by atoms with van der Waals surface area (Å²) in [6.45, 7) is 5.41. The first-order chi connectivity index (χ1) is 14.6. The number of carbonyl (C=O) groups excluding carboxylic acids is 1. The van der Waals surface area contributed by atoms with Crippen LogP contribution in [-0.4, -0.2) is 36.0 Å². The number of allylic oxidation sites excluding steroid dienone is 1. The van der Waals surface area contributed by atoms with E-state index in [1.165, 1.54) is 16.7 Å². The van der Waals surface area contributed by atoms with E-state index in [9.17, 15) is 4.79 Å². The highest BCUT2D eigenvalue weighted by Gasteiger charge is 2.16. The third kappa shape index (κ3) is 4.62. The Balaban J connectivity index is 1.37. The number of aromatic nitrogens is 1. The molecule has 0 unspecified atom stereocenters. The molecule has 5 heteroatoms. The lowest BCUT2D eigenvalue weighted by Crippen LogP contribution is -2.30.